The minimum atomic E-state index is -2.18. The van der Waals surface area contributed by atoms with Crippen molar-refractivity contribution < 1.29 is 32.7 Å². The van der Waals surface area contributed by atoms with Gasteiger partial charge in [0.15, 0.2) is 0 Å². The molecule has 0 amide bonds. The van der Waals surface area contributed by atoms with E-state index < -0.39 is 13.7 Å². The first kappa shape index (κ1) is 16.9. The molecule has 5 heteroatoms. The van der Waals surface area contributed by atoms with Crippen molar-refractivity contribution in [3.63, 3.8) is 0 Å². The third kappa shape index (κ3) is 4.96. The summed E-state index contributed by atoms with van der Waals surface area (Å²) in [4.78, 5) is 12.6. The smallest absolute Gasteiger partial charge is 0.216 e. The van der Waals surface area contributed by atoms with Crippen molar-refractivity contribution in [2.45, 2.75) is 13.7 Å². The summed E-state index contributed by atoms with van der Waals surface area (Å²) in [6.07, 6.45) is 4.55. The molecule has 0 spiro atoms. The summed E-state index contributed by atoms with van der Waals surface area (Å²) in [5, 5.41) is 1.81. The summed E-state index contributed by atoms with van der Waals surface area (Å²) >= 11 is 0. The number of aryl methyl sites for hydroxylation is 2. The Morgan fingerprint density at radius 3 is 2.50 bits per heavy atom. The molecule has 0 fully saturated rings. The fourth-order valence-corrected chi connectivity index (χ4v) is 3.44. The van der Waals surface area contributed by atoms with Crippen LogP contribution in [0.1, 0.15) is 19.4 Å². The van der Waals surface area contributed by atoms with Crippen LogP contribution in [0, 0.1) is 25.8 Å². The van der Waals surface area contributed by atoms with Crippen molar-refractivity contribution >= 4 is 22.1 Å². The summed E-state index contributed by atoms with van der Waals surface area (Å²) in [7, 11) is 0. The van der Waals surface area contributed by atoms with Gasteiger partial charge in [0.2, 0.25) is 5.71 Å². The molecule has 0 unspecified atom stereocenters. The van der Waals surface area contributed by atoms with Gasteiger partial charge in [-0.3, -0.25) is 0 Å². The molecule has 6 rings (SSSR count). The van der Waals surface area contributed by atoms with E-state index in [1.807, 2.05) is 36.4 Å². The molecule has 0 bridgehead atoms. The van der Waals surface area contributed by atoms with Gasteiger partial charge in [0.05, 0.1) is 5.58 Å². The number of benzene rings is 2. The molecule has 0 aliphatic rings. The van der Waals surface area contributed by atoms with Crippen molar-refractivity contribution in [1.29, 1.82) is 0 Å². The number of nitrogens with zero attached hydrogens (tertiary/aromatic N) is 3. The van der Waals surface area contributed by atoms with Crippen LogP contribution in [0.2, 0.25) is 0 Å². The van der Waals surface area contributed by atoms with Gasteiger partial charge < -0.3 is 14.4 Å². The largest absolute Gasteiger partial charge is 0.486 e. The maximum atomic E-state index is 7.54. The molecule has 6 aromatic rings. The molecule has 169 valence electrons. The minimum Gasteiger partial charge on any atom is -0.486 e. The van der Waals surface area contributed by atoms with Gasteiger partial charge in [0.25, 0.3) is 0 Å². The standard InChI is InChI=1S/C17H11N2O.C12H10N.Ir/c1-11-7-9-18-15(10-11)14-5-2-4-12-13-6-3-8-19-17(13)20-16(12)14;1-10-7-8-12(13-9-10)11-5-3-2-4-6-11;/h2-4,6-10H,1H3;2-5,7-9H,1H3;/q2*-1;/i2*1D3;. The number of furan rings is 1. The van der Waals surface area contributed by atoms with Crippen molar-refractivity contribution in [2.75, 3.05) is 0 Å². The number of pyridine rings is 3. The third-order valence-electron chi connectivity index (χ3n) is 4.97. The molecular formula is C29H21IrN3O-2. The van der Waals surface area contributed by atoms with Gasteiger partial charge in [-0.05, 0) is 48.9 Å². The zero-order valence-corrected chi connectivity index (χ0v) is 20.1. The zero-order valence-electron chi connectivity index (χ0n) is 23.7. The topological polar surface area (TPSA) is 51.8 Å². The van der Waals surface area contributed by atoms with Crippen LogP contribution in [0.3, 0.4) is 0 Å². The van der Waals surface area contributed by atoms with E-state index in [9.17, 15) is 0 Å². The fourth-order valence-electron chi connectivity index (χ4n) is 3.44. The van der Waals surface area contributed by atoms with Gasteiger partial charge in [0, 0.05) is 52.3 Å². The van der Waals surface area contributed by atoms with Crippen LogP contribution < -0.4 is 0 Å². The molecule has 0 N–H and O–H groups in total. The van der Waals surface area contributed by atoms with Crippen LogP contribution in [-0.2, 0) is 20.1 Å². The molecule has 4 heterocycles. The number of rotatable bonds is 2. The second kappa shape index (κ2) is 10.5. The molecule has 0 atom stereocenters. The van der Waals surface area contributed by atoms with Crippen LogP contribution in [0.25, 0.3) is 44.6 Å². The quantitative estimate of drug-likeness (QED) is 0.195. The van der Waals surface area contributed by atoms with Crippen molar-refractivity contribution in [3.8, 4) is 22.5 Å². The van der Waals surface area contributed by atoms with Crippen LogP contribution >= 0.6 is 0 Å². The maximum absolute atomic E-state index is 7.54. The Kier molecular flexibility index (Phi) is 5.22. The second-order valence-electron chi connectivity index (χ2n) is 7.19. The van der Waals surface area contributed by atoms with E-state index in [0.29, 0.717) is 22.6 Å². The first-order valence-electron chi connectivity index (χ1n) is 13.2. The van der Waals surface area contributed by atoms with Crippen LogP contribution in [-0.4, -0.2) is 15.0 Å². The van der Waals surface area contributed by atoms with Gasteiger partial charge in [0.1, 0.15) is 0 Å². The van der Waals surface area contributed by atoms with Gasteiger partial charge in [-0.25, -0.2) is 4.98 Å². The van der Waals surface area contributed by atoms with E-state index in [1.165, 1.54) is 18.5 Å². The maximum Gasteiger partial charge on any atom is 0.216 e. The SMILES string of the molecule is [2H]C([2H])([2H])c1ccc(-c2[c-]cccc2)nc1.[2H]C([2H])([2H])c1ccnc(-c2[c-]ccc3c2oc2ncccc23)c1.[Ir]. The van der Waals surface area contributed by atoms with E-state index in [0.717, 1.165) is 22.0 Å². The van der Waals surface area contributed by atoms with Crippen molar-refractivity contribution in [3.05, 3.63) is 115 Å². The molecule has 4 nitrogen and oxygen atoms in total. The van der Waals surface area contributed by atoms with Gasteiger partial charge >= 0.3 is 0 Å². The van der Waals surface area contributed by atoms with Crippen molar-refractivity contribution in [2.24, 2.45) is 0 Å². The first-order valence-corrected chi connectivity index (χ1v) is 10.2. The average Bonchev–Trinajstić information content (AvgIpc) is 3.32. The normalized spacial score (nSPS) is 13.8. The Morgan fingerprint density at radius 1 is 0.765 bits per heavy atom. The van der Waals surface area contributed by atoms with Crippen LogP contribution in [0.15, 0.2) is 95.8 Å². The molecule has 34 heavy (non-hydrogen) atoms. The number of aromatic nitrogens is 3. The van der Waals surface area contributed by atoms with E-state index in [1.54, 1.807) is 36.5 Å². The molecule has 0 aliphatic carbocycles. The molecule has 0 saturated heterocycles. The molecule has 1 radical (unpaired) electrons. The summed E-state index contributed by atoms with van der Waals surface area (Å²) < 4.78 is 50.2. The molecule has 0 saturated carbocycles. The predicted octanol–water partition coefficient (Wildman–Crippen LogP) is 7.01. The Labute approximate surface area is 220 Å². The monoisotopic (exact) mass is 626 g/mol. The Hall–Kier alpha value is -3.66. The van der Waals surface area contributed by atoms with Gasteiger partial charge in [-0.2, -0.15) is 0 Å². The third-order valence-corrected chi connectivity index (χ3v) is 4.97. The Balaban J connectivity index is 0.000000192. The second-order valence-corrected chi connectivity index (χ2v) is 7.19. The fraction of sp³-hybridized carbons (Fsp3) is 0.0690. The van der Waals surface area contributed by atoms with Crippen molar-refractivity contribution in [1.82, 2.24) is 15.0 Å². The van der Waals surface area contributed by atoms with E-state index in [2.05, 4.69) is 27.1 Å². The molecule has 2 aromatic carbocycles. The molecule has 4 aromatic heterocycles. The summed E-state index contributed by atoms with van der Waals surface area (Å²) in [6.45, 7) is -4.27. The zero-order chi connectivity index (χ0) is 27.6. The number of fused-ring (bicyclic) bond motifs is 3. The Morgan fingerprint density at radius 2 is 1.71 bits per heavy atom. The summed E-state index contributed by atoms with van der Waals surface area (Å²) in [6, 6.07) is 27.4. The average molecular weight is 626 g/mol. The Bertz CT molecular complexity index is 1730. The first-order chi connectivity index (χ1) is 18.6. The number of hydrogen-bond donors (Lipinski definition) is 0. The van der Waals surface area contributed by atoms with Gasteiger partial charge in [-0.15, -0.1) is 54.1 Å². The van der Waals surface area contributed by atoms with Crippen LogP contribution in [0.4, 0.5) is 0 Å². The van der Waals surface area contributed by atoms with E-state index in [4.69, 9.17) is 12.6 Å². The summed E-state index contributed by atoms with van der Waals surface area (Å²) in [5.74, 6) is 0. The number of hydrogen-bond acceptors (Lipinski definition) is 4. The van der Waals surface area contributed by atoms with Gasteiger partial charge in [-0.1, -0.05) is 34.7 Å². The molecular weight excluding hydrogens is 599 g/mol. The van der Waals surface area contributed by atoms with E-state index >= 15 is 0 Å². The van der Waals surface area contributed by atoms with E-state index in [-0.39, 0.29) is 31.2 Å². The van der Waals surface area contributed by atoms with Crippen LogP contribution in [0.5, 0.6) is 0 Å². The molecule has 0 aliphatic heterocycles. The summed E-state index contributed by atoms with van der Waals surface area (Å²) in [5.41, 5.74) is 4.38. The predicted molar refractivity (Wildman–Crippen MR) is 132 cm³/mol. The minimum absolute atomic E-state index is 0.